The van der Waals surface area contributed by atoms with Crippen LogP contribution in [0.15, 0.2) is 12.1 Å². The summed E-state index contributed by atoms with van der Waals surface area (Å²) in [5.74, 6) is 0.109. The summed E-state index contributed by atoms with van der Waals surface area (Å²) in [6.07, 6.45) is 0. The fraction of sp³-hybridized carbons (Fsp3) is 0.364. The van der Waals surface area contributed by atoms with Gasteiger partial charge in [0.1, 0.15) is 5.75 Å². The van der Waals surface area contributed by atoms with Gasteiger partial charge in [0.25, 0.3) is 11.6 Å². The number of benzene rings is 1. The molecule has 1 amide bonds. The number of nitrogens with one attached hydrogen (secondary N) is 1. The average molecular weight is 238 g/mol. The van der Waals surface area contributed by atoms with E-state index in [0.29, 0.717) is 11.3 Å². The Labute approximate surface area is 98.7 Å². The highest BCUT2D eigenvalue weighted by molar-refractivity contribution is 5.77. The van der Waals surface area contributed by atoms with Crippen molar-refractivity contribution in [2.45, 2.75) is 13.8 Å². The Bertz CT molecular complexity index is 457. The fourth-order valence-electron chi connectivity index (χ4n) is 1.45. The summed E-state index contributed by atoms with van der Waals surface area (Å²) in [7, 11) is 1.50. The van der Waals surface area contributed by atoms with Crippen molar-refractivity contribution in [2.75, 3.05) is 13.7 Å². The monoisotopic (exact) mass is 238 g/mol. The summed E-state index contributed by atoms with van der Waals surface area (Å²) in [4.78, 5) is 21.3. The molecule has 1 rings (SSSR count). The number of amides is 1. The molecule has 0 heterocycles. The number of hydrogen-bond donors (Lipinski definition) is 1. The number of carbonyl (C=O) groups is 1. The van der Waals surface area contributed by atoms with Crippen LogP contribution >= 0.6 is 0 Å². The maximum atomic E-state index is 11.1. The molecule has 0 spiro atoms. The molecule has 6 nitrogen and oxygen atoms in total. The van der Waals surface area contributed by atoms with Gasteiger partial charge in [0.2, 0.25) is 0 Å². The van der Waals surface area contributed by atoms with Gasteiger partial charge in [0, 0.05) is 13.1 Å². The number of carbonyl (C=O) groups excluding carboxylic acids is 1. The Kier molecular flexibility index (Phi) is 4.03. The first kappa shape index (κ1) is 13.0. The smallest absolute Gasteiger partial charge is 0.276 e. The van der Waals surface area contributed by atoms with Crippen LogP contribution in [0.2, 0.25) is 0 Å². The summed E-state index contributed by atoms with van der Waals surface area (Å²) < 4.78 is 5.29. The quantitative estimate of drug-likeness (QED) is 0.633. The van der Waals surface area contributed by atoms with Crippen LogP contribution in [-0.4, -0.2) is 24.5 Å². The molecule has 0 aliphatic carbocycles. The van der Waals surface area contributed by atoms with E-state index in [-0.39, 0.29) is 18.2 Å². The van der Waals surface area contributed by atoms with E-state index in [1.807, 2.05) is 0 Å². The number of nitro benzene ring substituents is 1. The number of aryl methyl sites for hydroxylation is 1. The number of nitrogens with zero attached hydrogens (tertiary/aromatic N) is 1. The molecular weight excluding hydrogens is 224 g/mol. The van der Waals surface area contributed by atoms with Crippen molar-refractivity contribution in [2.24, 2.45) is 0 Å². The second kappa shape index (κ2) is 5.29. The lowest BCUT2D eigenvalue weighted by molar-refractivity contribution is -0.385. The van der Waals surface area contributed by atoms with E-state index < -0.39 is 4.92 Å². The van der Waals surface area contributed by atoms with Gasteiger partial charge in [-0.05, 0) is 25.5 Å². The number of likely N-dealkylation sites (N-methyl/N-ethyl adjacent to an activating group) is 1. The van der Waals surface area contributed by atoms with Crippen LogP contribution < -0.4 is 10.1 Å². The summed E-state index contributed by atoms with van der Waals surface area (Å²) in [5.41, 5.74) is 1.18. The summed E-state index contributed by atoms with van der Waals surface area (Å²) in [5, 5.41) is 13.2. The van der Waals surface area contributed by atoms with E-state index in [0.717, 1.165) is 5.56 Å². The van der Waals surface area contributed by atoms with Gasteiger partial charge in [-0.25, -0.2) is 0 Å². The second-order valence-corrected chi connectivity index (χ2v) is 3.57. The van der Waals surface area contributed by atoms with Crippen LogP contribution in [0, 0.1) is 24.0 Å². The van der Waals surface area contributed by atoms with Crippen LogP contribution in [0.3, 0.4) is 0 Å². The summed E-state index contributed by atoms with van der Waals surface area (Å²) >= 11 is 0. The maximum absolute atomic E-state index is 11.1. The molecule has 0 atom stereocenters. The predicted octanol–water partition coefficient (Wildman–Crippen LogP) is 1.34. The molecule has 1 N–H and O–H groups in total. The Morgan fingerprint density at radius 1 is 1.47 bits per heavy atom. The van der Waals surface area contributed by atoms with Crippen molar-refractivity contribution in [3.05, 3.63) is 33.4 Å². The van der Waals surface area contributed by atoms with Crippen molar-refractivity contribution in [1.82, 2.24) is 5.32 Å². The van der Waals surface area contributed by atoms with Crippen molar-refractivity contribution < 1.29 is 14.5 Å². The molecule has 0 aliphatic heterocycles. The summed E-state index contributed by atoms with van der Waals surface area (Å²) in [6.45, 7) is 3.22. The van der Waals surface area contributed by atoms with Crippen molar-refractivity contribution in [3.63, 3.8) is 0 Å². The van der Waals surface area contributed by atoms with Crippen LogP contribution in [0.5, 0.6) is 5.75 Å². The Balaban J connectivity index is 3.01. The standard InChI is InChI=1S/C11H14N2O4/c1-7-4-5-9(13(15)16)8(2)11(7)17-6-10(14)12-3/h4-5H,6H2,1-3H3,(H,12,14). The van der Waals surface area contributed by atoms with Crippen LogP contribution in [0.4, 0.5) is 5.69 Å². The zero-order valence-corrected chi connectivity index (χ0v) is 9.94. The second-order valence-electron chi connectivity index (χ2n) is 3.57. The van der Waals surface area contributed by atoms with Crippen LogP contribution in [0.1, 0.15) is 11.1 Å². The van der Waals surface area contributed by atoms with Gasteiger partial charge in [0.15, 0.2) is 6.61 Å². The zero-order chi connectivity index (χ0) is 13.0. The highest BCUT2D eigenvalue weighted by Crippen LogP contribution is 2.30. The zero-order valence-electron chi connectivity index (χ0n) is 9.94. The minimum absolute atomic E-state index is 0.0116. The van der Waals surface area contributed by atoms with E-state index in [1.165, 1.54) is 13.1 Å². The third-order valence-corrected chi connectivity index (χ3v) is 2.40. The Morgan fingerprint density at radius 3 is 2.65 bits per heavy atom. The van der Waals surface area contributed by atoms with Crippen LogP contribution in [0.25, 0.3) is 0 Å². The van der Waals surface area contributed by atoms with Gasteiger partial charge in [-0.3, -0.25) is 14.9 Å². The molecule has 6 heteroatoms. The van der Waals surface area contributed by atoms with Gasteiger partial charge in [0.05, 0.1) is 10.5 Å². The normalized spacial score (nSPS) is 9.82. The molecule has 0 saturated heterocycles. The Morgan fingerprint density at radius 2 is 2.12 bits per heavy atom. The third kappa shape index (κ3) is 2.93. The molecule has 0 aliphatic rings. The van der Waals surface area contributed by atoms with Gasteiger partial charge in [-0.2, -0.15) is 0 Å². The molecule has 0 bridgehead atoms. The third-order valence-electron chi connectivity index (χ3n) is 2.40. The number of rotatable bonds is 4. The van der Waals surface area contributed by atoms with Gasteiger partial charge < -0.3 is 10.1 Å². The lowest BCUT2D eigenvalue weighted by Crippen LogP contribution is -2.25. The lowest BCUT2D eigenvalue weighted by atomic mass is 10.1. The lowest BCUT2D eigenvalue weighted by Gasteiger charge is -2.11. The van der Waals surface area contributed by atoms with E-state index in [2.05, 4.69) is 5.32 Å². The van der Waals surface area contributed by atoms with Crippen molar-refractivity contribution in [3.8, 4) is 5.75 Å². The fourth-order valence-corrected chi connectivity index (χ4v) is 1.45. The molecule has 0 saturated carbocycles. The molecule has 17 heavy (non-hydrogen) atoms. The molecule has 0 radical (unpaired) electrons. The molecule has 92 valence electrons. The highest BCUT2D eigenvalue weighted by Gasteiger charge is 2.17. The molecular formula is C11H14N2O4. The highest BCUT2D eigenvalue weighted by atomic mass is 16.6. The first-order valence-electron chi connectivity index (χ1n) is 5.05. The molecule has 0 aromatic heterocycles. The van der Waals surface area contributed by atoms with E-state index in [9.17, 15) is 14.9 Å². The van der Waals surface area contributed by atoms with Gasteiger partial charge >= 0.3 is 0 Å². The van der Waals surface area contributed by atoms with Crippen LogP contribution in [-0.2, 0) is 4.79 Å². The van der Waals surface area contributed by atoms with Gasteiger partial charge in [-0.1, -0.05) is 0 Å². The minimum Gasteiger partial charge on any atom is -0.483 e. The predicted molar refractivity (Wildman–Crippen MR) is 62.1 cm³/mol. The maximum Gasteiger partial charge on any atom is 0.276 e. The largest absolute Gasteiger partial charge is 0.483 e. The van der Waals surface area contributed by atoms with E-state index in [1.54, 1.807) is 19.9 Å². The minimum atomic E-state index is -0.471. The van der Waals surface area contributed by atoms with E-state index >= 15 is 0 Å². The number of ether oxygens (including phenoxy) is 1. The molecule has 0 unspecified atom stereocenters. The molecule has 0 fully saturated rings. The average Bonchev–Trinajstić information content (AvgIpc) is 2.27. The SMILES string of the molecule is CNC(=O)COc1c(C)ccc([N+](=O)[O-])c1C. The first-order chi connectivity index (χ1) is 7.97. The van der Waals surface area contributed by atoms with Crippen molar-refractivity contribution >= 4 is 11.6 Å². The topological polar surface area (TPSA) is 81.5 Å². The number of hydrogen-bond acceptors (Lipinski definition) is 4. The first-order valence-corrected chi connectivity index (χ1v) is 5.05. The summed E-state index contributed by atoms with van der Waals surface area (Å²) in [6, 6.07) is 3.03. The molecule has 1 aromatic carbocycles. The van der Waals surface area contributed by atoms with Crippen molar-refractivity contribution in [1.29, 1.82) is 0 Å². The van der Waals surface area contributed by atoms with E-state index in [4.69, 9.17) is 4.74 Å². The van der Waals surface area contributed by atoms with Gasteiger partial charge in [-0.15, -0.1) is 0 Å². The number of nitro groups is 1. The Hall–Kier alpha value is -2.11. The molecule has 1 aromatic rings.